The number of fused-ring (bicyclic) bond motifs is 1. The maximum Gasteiger partial charge on any atom is 0.339 e. The van der Waals surface area contributed by atoms with E-state index in [1.54, 1.807) is 6.08 Å². The Bertz CT molecular complexity index is 1370. The molecule has 2 aromatic heterocycles. The van der Waals surface area contributed by atoms with Crippen LogP contribution in [0.25, 0.3) is 16.9 Å². The van der Waals surface area contributed by atoms with E-state index in [0.29, 0.717) is 6.61 Å². The van der Waals surface area contributed by atoms with Crippen LogP contribution in [-0.2, 0) is 19.0 Å². The van der Waals surface area contributed by atoms with Crippen LogP contribution in [0, 0.1) is 13.8 Å². The summed E-state index contributed by atoms with van der Waals surface area (Å²) in [4.78, 5) is 20.7. The van der Waals surface area contributed by atoms with Crippen molar-refractivity contribution in [3.63, 3.8) is 0 Å². The van der Waals surface area contributed by atoms with Crippen molar-refractivity contribution in [2.45, 2.75) is 71.7 Å². The first-order valence-corrected chi connectivity index (χ1v) is 14.2. The lowest BCUT2D eigenvalue weighted by atomic mass is 9.92. The number of hydrogen-bond acceptors (Lipinski definition) is 6. The lowest BCUT2D eigenvalue weighted by Crippen LogP contribution is -2.45. The molecule has 0 unspecified atom stereocenters. The molecule has 1 aliphatic rings. The van der Waals surface area contributed by atoms with Gasteiger partial charge in [-0.2, -0.15) is 0 Å². The Labute approximate surface area is 240 Å². The molecule has 3 aromatic rings. The van der Waals surface area contributed by atoms with E-state index in [1.165, 1.54) is 7.11 Å². The van der Waals surface area contributed by atoms with E-state index in [1.807, 2.05) is 39.8 Å². The minimum Gasteiger partial charge on any atom is -0.467 e. The molecule has 0 amide bonds. The number of carbonyl (C=O) groups is 1. The number of methoxy groups -OCH3 is 1. The quantitative estimate of drug-likeness (QED) is 0.206. The molecule has 0 N–H and O–H groups in total. The average molecular weight is 599 g/mol. The number of piperidine rings is 1. The number of rotatable bonds is 8. The summed E-state index contributed by atoms with van der Waals surface area (Å²) < 4.78 is 21.0. The van der Waals surface area contributed by atoms with Crippen molar-refractivity contribution in [2.24, 2.45) is 0 Å². The highest BCUT2D eigenvalue weighted by Crippen LogP contribution is 2.41. The number of nitrogens with zero attached hydrogens (tertiary/aromatic N) is 3. The summed E-state index contributed by atoms with van der Waals surface area (Å²) in [7, 11) is 1.41. The fourth-order valence-corrected chi connectivity index (χ4v) is 5.58. The molecule has 4 rings (SSSR count). The van der Waals surface area contributed by atoms with E-state index in [-0.39, 0.29) is 5.60 Å². The molecule has 1 atom stereocenters. The zero-order chi connectivity index (χ0) is 28.5. The van der Waals surface area contributed by atoms with Crippen molar-refractivity contribution in [1.82, 2.24) is 9.38 Å². The highest BCUT2D eigenvalue weighted by atomic mass is 79.9. The predicted octanol–water partition coefficient (Wildman–Crippen LogP) is 6.97. The molecule has 0 saturated carbocycles. The lowest BCUT2D eigenvalue weighted by Gasteiger charge is -2.41. The Kier molecular flexibility index (Phi) is 8.59. The van der Waals surface area contributed by atoms with E-state index < -0.39 is 17.7 Å². The molecule has 1 aromatic carbocycles. The summed E-state index contributed by atoms with van der Waals surface area (Å²) in [5.74, 6) is 0.490. The SMILES string of the molecule is C=CCOC1(C)CCN(c2c([C@H](OC(C)(C)C)C(=O)OC)c(C)c(C)c3nc(-c4cccc(Br)c4)cn23)CC1. The van der Waals surface area contributed by atoms with Gasteiger partial charge in [0.25, 0.3) is 0 Å². The average Bonchev–Trinajstić information content (AvgIpc) is 3.33. The number of ether oxygens (including phenoxy) is 3. The Morgan fingerprint density at radius 1 is 1.23 bits per heavy atom. The largest absolute Gasteiger partial charge is 0.467 e. The van der Waals surface area contributed by atoms with Gasteiger partial charge in [0, 0.05) is 34.9 Å². The van der Waals surface area contributed by atoms with Crippen molar-refractivity contribution in [1.29, 1.82) is 0 Å². The molecule has 0 aliphatic carbocycles. The fourth-order valence-electron chi connectivity index (χ4n) is 5.18. The van der Waals surface area contributed by atoms with Crippen molar-refractivity contribution in [3.8, 4) is 11.3 Å². The zero-order valence-corrected chi connectivity index (χ0v) is 25.7. The van der Waals surface area contributed by atoms with Crippen molar-refractivity contribution in [3.05, 3.63) is 64.3 Å². The van der Waals surface area contributed by atoms with Gasteiger partial charge >= 0.3 is 5.97 Å². The molecule has 7 nitrogen and oxygen atoms in total. The number of halogens is 1. The van der Waals surface area contributed by atoms with Gasteiger partial charge in [-0.25, -0.2) is 9.78 Å². The van der Waals surface area contributed by atoms with E-state index >= 15 is 0 Å². The number of pyridine rings is 1. The molecule has 8 heteroatoms. The molecular weight excluding hydrogens is 558 g/mol. The van der Waals surface area contributed by atoms with E-state index in [2.05, 4.69) is 64.0 Å². The van der Waals surface area contributed by atoms with Gasteiger partial charge in [-0.15, -0.1) is 6.58 Å². The second-order valence-corrected chi connectivity index (χ2v) is 12.4. The summed E-state index contributed by atoms with van der Waals surface area (Å²) >= 11 is 3.59. The number of esters is 1. The van der Waals surface area contributed by atoms with Gasteiger partial charge in [0.2, 0.25) is 0 Å². The van der Waals surface area contributed by atoms with Gasteiger partial charge in [0.15, 0.2) is 6.10 Å². The Hall–Kier alpha value is -2.68. The van der Waals surface area contributed by atoms with Crippen LogP contribution < -0.4 is 4.90 Å². The minimum absolute atomic E-state index is 0.232. The fraction of sp³-hybridized carbons (Fsp3) is 0.484. The van der Waals surface area contributed by atoms with Gasteiger partial charge in [0.1, 0.15) is 11.5 Å². The van der Waals surface area contributed by atoms with Crippen molar-refractivity contribution >= 4 is 33.4 Å². The van der Waals surface area contributed by atoms with Crippen LogP contribution in [0.15, 0.2) is 47.6 Å². The Morgan fingerprint density at radius 2 is 1.92 bits per heavy atom. The minimum atomic E-state index is -0.893. The van der Waals surface area contributed by atoms with Crippen LogP contribution in [0.4, 0.5) is 5.82 Å². The van der Waals surface area contributed by atoms with Crippen LogP contribution in [0.1, 0.15) is 63.3 Å². The summed E-state index contributed by atoms with van der Waals surface area (Å²) in [5, 5.41) is 0. The van der Waals surface area contributed by atoms with Crippen molar-refractivity contribution in [2.75, 3.05) is 31.7 Å². The van der Waals surface area contributed by atoms with E-state index in [0.717, 1.165) is 69.8 Å². The van der Waals surface area contributed by atoms with Gasteiger partial charge in [-0.05, 0) is 77.6 Å². The third-order valence-corrected chi connectivity index (χ3v) is 7.91. The first kappa shape index (κ1) is 29.3. The molecule has 210 valence electrons. The second kappa shape index (κ2) is 11.4. The molecule has 3 heterocycles. The summed E-state index contributed by atoms with van der Waals surface area (Å²) in [6, 6.07) is 8.13. The standard InChI is InChI=1S/C31H40BrN3O4/c1-9-17-38-31(7)13-15-34(16-14-31)28-25(26(29(36)37-8)39-30(4,5)6)20(2)21(3)27-33-24(19-35(27)28)22-11-10-12-23(32)18-22/h9-12,18-19,26H,1,13-17H2,2-8H3/t26-/m0/s1. The summed E-state index contributed by atoms with van der Waals surface area (Å²) in [5.41, 5.74) is 4.71. The van der Waals surface area contributed by atoms with E-state index in [4.69, 9.17) is 19.2 Å². The lowest BCUT2D eigenvalue weighted by molar-refractivity contribution is -0.164. The molecular formula is C31H40BrN3O4. The predicted molar refractivity (Wildman–Crippen MR) is 159 cm³/mol. The highest BCUT2D eigenvalue weighted by Gasteiger charge is 2.38. The number of benzene rings is 1. The molecule has 1 saturated heterocycles. The smallest absolute Gasteiger partial charge is 0.339 e. The van der Waals surface area contributed by atoms with Gasteiger partial charge < -0.3 is 19.1 Å². The first-order valence-electron chi connectivity index (χ1n) is 13.4. The second-order valence-electron chi connectivity index (χ2n) is 11.5. The first-order chi connectivity index (χ1) is 18.4. The normalized spacial score (nSPS) is 16.4. The van der Waals surface area contributed by atoms with Crippen LogP contribution in [0.2, 0.25) is 0 Å². The Morgan fingerprint density at radius 3 is 2.51 bits per heavy atom. The summed E-state index contributed by atoms with van der Waals surface area (Å²) in [6.45, 7) is 18.0. The number of aromatic nitrogens is 2. The molecule has 1 fully saturated rings. The van der Waals surface area contributed by atoms with Crippen molar-refractivity contribution < 1.29 is 19.0 Å². The van der Waals surface area contributed by atoms with Gasteiger partial charge in [0.05, 0.1) is 30.6 Å². The van der Waals surface area contributed by atoms with E-state index in [9.17, 15) is 4.79 Å². The number of carbonyl (C=O) groups excluding carboxylic acids is 1. The molecule has 0 radical (unpaired) electrons. The van der Waals surface area contributed by atoms with Crippen LogP contribution in [0.3, 0.4) is 0 Å². The maximum atomic E-state index is 13.3. The van der Waals surface area contributed by atoms with Crippen LogP contribution >= 0.6 is 15.9 Å². The molecule has 0 bridgehead atoms. The number of hydrogen-bond donors (Lipinski definition) is 0. The molecule has 1 aliphatic heterocycles. The topological polar surface area (TPSA) is 65.3 Å². The maximum absolute atomic E-state index is 13.3. The monoisotopic (exact) mass is 597 g/mol. The number of anilines is 1. The third kappa shape index (κ3) is 6.23. The van der Waals surface area contributed by atoms with Gasteiger partial charge in [-0.3, -0.25) is 4.40 Å². The number of imidazole rings is 1. The Balaban J connectivity index is 1.94. The zero-order valence-electron chi connectivity index (χ0n) is 24.1. The molecule has 39 heavy (non-hydrogen) atoms. The highest BCUT2D eigenvalue weighted by molar-refractivity contribution is 9.10. The third-order valence-electron chi connectivity index (χ3n) is 7.42. The molecule has 0 spiro atoms. The van der Waals surface area contributed by atoms with Crippen LogP contribution in [-0.4, -0.2) is 53.4 Å². The van der Waals surface area contributed by atoms with Crippen LogP contribution in [0.5, 0.6) is 0 Å². The summed E-state index contributed by atoms with van der Waals surface area (Å²) in [6.07, 6.45) is 4.64. The van der Waals surface area contributed by atoms with Gasteiger partial charge in [-0.1, -0.05) is 34.1 Å². The number of aryl methyl sites for hydroxylation is 1.